The molecular weight excluding hydrogens is 555 g/mol. The SMILES string of the molecule is CCc1c2[n-]c(c1C)/C=c1\[n-]c(c(C)\c1=C/CO)CC1[N-]C(C3=C4[N-]/C(=C\2)C(C)[C@]42N[C@]2(O)[C@@H]3C(=O)OC)[C@@H](C)[C@@H]1C.[Mg+2]. The molecule has 4 aliphatic heterocycles. The van der Waals surface area contributed by atoms with Crippen molar-refractivity contribution >= 4 is 47.3 Å². The fraction of sp³-hybridized carbons (Fsp3) is 0.545. The van der Waals surface area contributed by atoms with Gasteiger partial charge in [-0.2, -0.15) is 11.4 Å². The van der Waals surface area contributed by atoms with Gasteiger partial charge < -0.3 is 35.6 Å². The summed E-state index contributed by atoms with van der Waals surface area (Å²) in [6.45, 7) is 12.6. The Labute approximate surface area is 268 Å². The third-order valence-electron chi connectivity index (χ3n) is 11.0. The fourth-order valence-corrected chi connectivity index (χ4v) is 8.34. The molecule has 2 aromatic heterocycles. The molecule has 5 aliphatic rings. The maximum Gasteiger partial charge on any atom is 2.00 e. The molecule has 0 amide bonds. The average Bonchev–Trinajstić information content (AvgIpc) is 3.24. The number of rotatable bonds is 3. The van der Waals surface area contributed by atoms with Crippen LogP contribution in [0.1, 0.15) is 61.5 Å². The molecule has 3 fully saturated rings. The minimum absolute atomic E-state index is 0. The molecule has 8 bridgehead atoms. The van der Waals surface area contributed by atoms with E-state index in [0.29, 0.717) is 6.42 Å². The van der Waals surface area contributed by atoms with Gasteiger partial charge in [0.2, 0.25) is 0 Å². The Morgan fingerprint density at radius 1 is 1.14 bits per heavy atom. The first-order valence-electron chi connectivity index (χ1n) is 15.1. The van der Waals surface area contributed by atoms with E-state index in [9.17, 15) is 15.0 Å². The first-order valence-corrected chi connectivity index (χ1v) is 15.1. The topological polar surface area (TPSA) is 145 Å². The summed E-state index contributed by atoms with van der Waals surface area (Å²) >= 11 is 0. The maximum absolute atomic E-state index is 13.3. The van der Waals surface area contributed by atoms with Gasteiger partial charge in [0.1, 0.15) is 5.92 Å². The largest absolute Gasteiger partial charge is 2.00 e. The van der Waals surface area contributed by atoms with Crippen molar-refractivity contribution in [2.45, 2.75) is 77.7 Å². The standard InChI is InChI=1S/C33H39N5O4.Mg/c1-8-19-16(4)23-12-26-20(9-10-39)17(5)22(35-26)11-21-14(2)15(3)29(36-21)27-28(31(40)42-7)33(41)32(38-33)18(6)24(37-30(27)32)13-25(19)34-23;/h9,12-15,18,21,28-29,38-39,41H,8,10-11H2,1-7H3;/q-4;+2/b20-9+,24-13-,26-12-;/t14-,15-,18?,21?,28-,29?,32-,33-;/m0./s1. The number of hydrogen-bond acceptors (Lipinski definition) is 5. The van der Waals surface area contributed by atoms with Crippen LogP contribution in [-0.2, 0) is 22.4 Å². The van der Waals surface area contributed by atoms with Crippen LogP contribution in [0.3, 0.4) is 0 Å². The van der Waals surface area contributed by atoms with Crippen LogP contribution < -0.4 is 25.9 Å². The zero-order chi connectivity index (χ0) is 29.9. The summed E-state index contributed by atoms with van der Waals surface area (Å²) in [7, 11) is 1.37. The second-order valence-corrected chi connectivity index (χ2v) is 12.8. The number of nitrogens with zero attached hydrogens (tertiary/aromatic N) is 4. The van der Waals surface area contributed by atoms with Gasteiger partial charge in [0.15, 0.2) is 5.72 Å². The van der Waals surface area contributed by atoms with Gasteiger partial charge in [0.25, 0.3) is 0 Å². The number of methoxy groups -OCH3 is 1. The van der Waals surface area contributed by atoms with E-state index < -0.39 is 23.2 Å². The van der Waals surface area contributed by atoms with E-state index in [1.54, 1.807) is 0 Å². The minimum Gasteiger partial charge on any atom is -0.663 e. The molecule has 8 atom stereocenters. The van der Waals surface area contributed by atoms with Gasteiger partial charge in [-0.15, -0.1) is 34.5 Å². The van der Waals surface area contributed by atoms with Crippen LogP contribution in [0.25, 0.3) is 28.9 Å². The van der Waals surface area contributed by atoms with Crippen LogP contribution in [0, 0.1) is 37.5 Å². The van der Waals surface area contributed by atoms with E-state index in [1.165, 1.54) is 7.11 Å². The molecular formula is C33H39MgN5O4-2. The maximum atomic E-state index is 13.3. The smallest absolute Gasteiger partial charge is 0.663 e. The molecule has 43 heavy (non-hydrogen) atoms. The first-order chi connectivity index (χ1) is 20.0. The molecule has 3 N–H and O–H groups in total. The van der Waals surface area contributed by atoms with Crippen LogP contribution in [0.2, 0.25) is 0 Å². The van der Waals surface area contributed by atoms with Crippen LogP contribution in [0.15, 0.2) is 17.0 Å². The second kappa shape index (κ2) is 10.4. The van der Waals surface area contributed by atoms with Gasteiger partial charge in [0, 0.05) is 0 Å². The molecule has 0 saturated carbocycles. The number of nitrogens with one attached hydrogen (secondary N) is 1. The normalized spacial score (nSPS) is 37.7. The molecule has 9 nitrogen and oxygen atoms in total. The van der Waals surface area contributed by atoms with E-state index >= 15 is 0 Å². The summed E-state index contributed by atoms with van der Waals surface area (Å²) in [6.07, 6.45) is 7.34. The molecule has 1 spiro atoms. The molecule has 1 aliphatic carbocycles. The number of aliphatic hydroxyl groups is 2. The summed E-state index contributed by atoms with van der Waals surface area (Å²) in [5.41, 5.74) is 5.96. The Morgan fingerprint density at radius 3 is 2.56 bits per heavy atom. The number of ether oxygens (including phenoxy) is 1. The predicted molar refractivity (Wildman–Crippen MR) is 165 cm³/mol. The molecule has 224 valence electrons. The zero-order valence-electron chi connectivity index (χ0n) is 26.0. The van der Waals surface area contributed by atoms with Crippen LogP contribution in [0.5, 0.6) is 0 Å². The van der Waals surface area contributed by atoms with Crippen molar-refractivity contribution in [3.8, 4) is 0 Å². The summed E-state index contributed by atoms with van der Waals surface area (Å²) in [5, 5.41) is 37.5. The fourth-order valence-electron chi connectivity index (χ4n) is 8.34. The van der Waals surface area contributed by atoms with E-state index in [4.69, 9.17) is 25.3 Å². The molecule has 10 heteroatoms. The summed E-state index contributed by atoms with van der Waals surface area (Å²) in [6, 6.07) is -0.321. The molecule has 3 saturated heterocycles. The quantitative estimate of drug-likeness (QED) is 0.277. The Hall–Kier alpha value is -2.34. The Bertz CT molecular complexity index is 1700. The van der Waals surface area contributed by atoms with Gasteiger partial charge in [0.05, 0.1) is 19.3 Å². The van der Waals surface area contributed by atoms with Gasteiger partial charge in [-0.1, -0.05) is 86.4 Å². The Balaban J connectivity index is 0.00000329. The summed E-state index contributed by atoms with van der Waals surface area (Å²) < 4.78 is 5.27. The Morgan fingerprint density at radius 2 is 1.88 bits per heavy atom. The third-order valence-corrected chi connectivity index (χ3v) is 11.0. The van der Waals surface area contributed by atoms with Gasteiger partial charge in [-0.05, 0) is 31.4 Å². The molecule has 0 aromatic carbocycles. The molecule has 0 radical (unpaired) electrons. The van der Waals surface area contributed by atoms with E-state index in [-0.39, 0.29) is 59.5 Å². The van der Waals surface area contributed by atoms with Crippen LogP contribution in [0.4, 0.5) is 0 Å². The number of hydrogen-bond donors (Lipinski definition) is 3. The number of aromatic nitrogens is 2. The van der Waals surface area contributed by atoms with Gasteiger partial charge in [-0.25, -0.2) is 0 Å². The summed E-state index contributed by atoms with van der Waals surface area (Å²) in [5.74, 6) is -1.21. The number of carbonyl (C=O) groups excluding carboxylic acids is 1. The van der Waals surface area contributed by atoms with E-state index in [0.717, 1.165) is 67.7 Å². The monoisotopic (exact) mass is 593 g/mol. The third kappa shape index (κ3) is 3.93. The first kappa shape index (κ1) is 30.7. The van der Waals surface area contributed by atoms with Crippen LogP contribution in [-0.4, -0.2) is 76.3 Å². The van der Waals surface area contributed by atoms with Crippen molar-refractivity contribution in [2.24, 2.45) is 23.7 Å². The number of esters is 1. The van der Waals surface area contributed by atoms with Crippen molar-refractivity contribution in [2.75, 3.05) is 13.7 Å². The van der Waals surface area contributed by atoms with Crippen molar-refractivity contribution in [3.05, 3.63) is 71.9 Å². The molecule has 6 heterocycles. The average molecular weight is 594 g/mol. The second-order valence-electron chi connectivity index (χ2n) is 12.8. The van der Waals surface area contributed by atoms with E-state index in [1.807, 2.05) is 18.2 Å². The minimum atomic E-state index is -1.47. The number of carbonyl (C=O) groups is 1. The van der Waals surface area contributed by atoms with Crippen LogP contribution >= 0.6 is 0 Å². The molecule has 3 unspecified atom stereocenters. The number of aliphatic hydroxyl groups excluding tert-OH is 1. The number of fused-ring (bicyclic) bond motifs is 8. The van der Waals surface area contributed by atoms with Crippen molar-refractivity contribution in [1.82, 2.24) is 15.3 Å². The van der Waals surface area contributed by atoms with Gasteiger partial charge in [-0.3, -0.25) is 10.1 Å². The Kier molecular flexibility index (Phi) is 7.38. The van der Waals surface area contributed by atoms with Crippen molar-refractivity contribution < 1.29 is 19.7 Å². The zero-order valence-corrected chi connectivity index (χ0v) is 27.4. The predicted octanol–water partition coefficient (Wildman–Crippen LogP) is 1.41. The molecule has 7 rings (SSSR count). The van der Waals surface area contributed by atoms with E-state index in [2.05, 4.69) is 46.9 Å². The molecule has 2 aromatic rings. The summed E-state index contributed by atoms with van der Waals surface area (Å²) in [4.78, 5) is 23.5. The van der Waals surface area contributed by atoms with Crippen molar-refractivity contribution in [3.63, 3.8) is 0 Å². The van der Waals surface area contributed by atoms with Crippen molar-refractivity contribution in [1.29, 1.82) is 0 Å². The van der Waals surface area contributed by atoms with Gasteiger partial charge >= 0.3 is 29.0 Å².